The van der Waals surface area contributed by atoms with Crippen molar-refractivity contribution in [2.75, 3.05) is 13.1 Å². The van der Waals surface area contributed by atoms with E-state index in [1.807, 2.05) is 0 Å². The van der Waals surface area contributed by atoms with Gasteiger partial charge in [0.05, 0.1) is 0 Å². The number of nitrogens with one attached hydrogen (secondary N) is 2. The first-order valence-corrected chi connectivity index (χ1v) is 6.72. The van der Waals surface area contributed by atoms with E-state index in [4.69, 9.17) is 0 Å². The summed E-state index contributed by atoms with van der Waals surface area (Å²) >= 11 is 0. The van der Waals surface area contributed by atoms with Gasteiger partial charge in [0.15, 0.2) is 0 Å². The molecule has 0 aromatic heterocycles. The fourth-order valence-corrected chi connectivity index (χ4v) is 1.83. The number of rotatable bonds is 9. The largest absolute Gasteiger partial charge is 0.435 e. The van der Waals surface area contributed by atoms with Crippen LogP contribution in [0.3, 0.4) is 0 Å². The van der Waals surface area contributed by atoms with Gasteiger partial charge in [-0.15, -0.1) is 0 Å². The van der Waals surface area contributed by atoms with Gasteiger partial charge in [-0.25, -0.2) is 0 Å². The van der Waals surface area contributed by atoms with Gasteiger partial charge in [-0.1, -0.05) is 12.1 Å². The van der Waals surface area contributed by atoms with Gasteiger partial charge in [0.25, 0.3) is 0 Å². The highest BCUT2D eigenvalue weighted by atomic mass is 19.3. The van der Waals surface area contributed by atoms with Gasteiger partial charge >= 0.3 is 6.61 Å². The van der Waals surface area contributed by atoms with Gasteiger partial charge in [-0.2, -0.15) is 8.78 Å². The molecule has 0 spiro atoms. The minimum absolute atomic E-state index is 0.201. The summed E-state index contributed by atoms with van der Waals surface area (Å²) in [5.41, 5.74) is 1.07. The Kier molecular flexibility index (Phi) is 5.54. The van der Waals surface area contributed by atoms with E-state index in [9.17, 15) is 8.78 Å². The van der Waals surface area contributed by atoms with Crippen molar-refractivity contribution in [3.05, 3.63) is 29.8 Å². The summed E-state index contributed by atoms with van der Waals surface area (Å²) < 4.78 is 28.2. The second kappa shape index (κ2) is 7.40. The van der Waals surface area contributed by atoms with Gasteiger partial charge in [0, 0.05) is 12.6 Å². The molecule has 1 aliphatic rings. The second-order valence-electron chi connectivity index (χ2n) is 4.78. The maximum Gasteiger partial charge on any atom is 0.387 e. The van der Waals surface area contributed by atoms with Crippen molar-refractivity contribution in [3.63, 3.8) is 0 Å². The Bertz CT molecular complexity index is 366. The van der Waals surface area contributed by atoms with Crippen molar-refractivity contribution >= 4 is 0 Å². The van der Waals surface area contributed by atoms with Gasteiger partial charge in [0.1, 0.15) is 5.75 Å². The molecule has 1 aromatic carbocycles. The van der Waals surface area contributed by atoms with Crippen molar-refractivity contribution in [1.29, 1.82) is 0 Å². The molecule has 1 aliphatic carbocycles. The number of alkyl halides is 2. The van der Waals surface area contributed by atoms with Crippen LogP contribution in [0.15, 0.2) is 24.3 Å². The molecule has 0 heterocycles. The number of halogens is 2. The lowest BCUT2D eigenvalue weighted by Gasteiger charge is -2.07. The molecule has 0 bridgehead atoms. The van der Waals surface area contributed by atoms with E-state index >= 15 is 0 Å². The molecule has 0 unspecified atom stereocenters. The van der Waals surface area contributed by atoms with Gasteiger partial charge < -0.3 is 15.4 Å². The summed E-state index contributed by atoms with van der Waals surface area (Å²) in [7, 11) is 0. The quantitative estimate of drug-likeness (QED) is 0.676. The standard InChI is InChI=1S/C14H20F2N2O/c15-14(16)19-13-6-2-11(3-7-13)10-17-8-1-9-18-12-4-5-12/h2-3,6-7,12,14,17-18H,1,4-5,8-10H2. The molecule has 1 fully saturated rings. The lowest BCUT2D eigenvalue weighted by Crippen LogP contribution is -2.23. The summed E-state index contributed by atoms with van der Waals surface area (Å²) in [5.74, 6) is 0.201. The molecule has 0 aliphatic heterocycles. The van der Waals surface area contributed by atoms with Gasteiger partial charge in [-0.05, 0) is 50.0 Å². The lowest BCUT2D eigenvalue weighted by atomic mass is 10.2. The normalized spacial score (nSPS) is 14.9. The molecule has 19 heavy (non-hydrogen) atoms. The van der Waals surface area contributed by atoms with Crippen molar-refractivity contribution < 1.29 is 13.5 Å². The number of hydrogen-bond donors (Lipinski definition) is 2. The summed E-state index contributed by atoms with van der Waals surface area (Å²) in [6.07, 6.45) is 3.74. The molecule has 1 saturated carbocycles. The van der Waals surface area contributed by atoms with Crippen molar-refractivity contribution in [3.8, 4) is 5.75 Å². The van der Waals surface area contributed by atoms with E-state index in [1.165, 1.54) is 12.8 Å². The Hall–Kier alpha value is -1.20. The zero-order valence-corrected chi connectivity index (χ0v) is 10.9. The number of benzene rings is 1. The fourth-order valence-electron chi connectivity index (χ4n) is 1.83. The Morgan fingerprint density at radius 2 is 1.89 bits per heavy atom. The average molecular weight is 270 g/mol. The molecule has 5 heteroatoms. The van der Waals surface area contributed by atoms with Crippen LogP contribution >= 0.6 is 0 Å². The molecular weight excluding hydrogens is 250 g/mol. The smallest absolute Gasteiger partial charge is 0.387 e. The van der Waals surface area contributed by atoms with Crippen molar-refractivity contribution in [2.24, 2.45) is 0 Å². The zero-order chi connectivity index (χ0) is 13.5. The third-order valence-corrected chi connectivity index (χ3v) is 3.02. The molecule has 2 rings (SSSR count). The highest BCUT2D eigenvalue weighted by molar-refractivity contribution is 5.27. The van der Waals surface area contributed by atoms with E-state index in [0.717, 1.165) is 37.7 Å². The third kappa shape index (κ3) is 5.98. The van der Waals surface area contributed by atoms with Crippen LogP contribution in [0.5, 0.6) is 5.75 Å². The minimum atomic E-state index is -2.76. The fraction of sp³-hybridized carbons (Fsp3) is 0.571. The van der Waals surface area contributed by atoms with Gasteiger partial charge in [0.2, 0.25) is 0 Å². The summed E-state index contributed by atoms with van der Waals surface area (Å²) in [6.45, 7) is -0.00499. The monoisotopic (exact) mass is 270 g/mol. The van der Waals surface area contributed by atoms with E-state index in [2.05, 4.69) is 15.4 Å². The van der Waals surface area contributed by atoms with E-state index in [1.54, 1.807) is 24.3 Å². The van der Waals surface area contributed by atoms with Crippen LogP contribution in [0.1, 0.15) is 24.8 Å². The first-order valence-electron chi connectivity index (χ1n) is 6.72. The van der Waals surface area contributed by atoms with Gasteiger partial charge in [-0.3, -0.25) is 0 Å². The Morgan fingerprint density at radius 1 is 1.16 bits per heavy atom. The van der Waals surface area contributed by atoms with E-state index in [0.29, 0.717) is 0 Å². The summed E-state index contributed by atoms with van der Waals surface area (Å²) in [4.78, 5) is 0. The highest BCUT2D eigenvalue weighted by Crippen LogP contribution is 2.18. The van der Waals surface area contributed by atoms with Crippen LogP contribution < -0.4 is 15.4 Å². The first kappa shape index (κ1) is 14.2. The van der Waals surface area contributed by atoms with E-state index in [-0.39, 0.29) is 5.75 Å². The second-order valence-corrected chi connectivity index (χ2v) is 4.78. The molecule has 0 radical (unpaired) electrons. The lowest BCUT2D eigenvalue weighted by molar-refractivity contribution is -0.0498. The molecular formula is C14H20F2N2O. The van der Waals surface area contributed by atoms with Crippen LogP contribution in [-0.4, -0.2) is 25.7 Å². The summed E-state index contributed by atoms with van der Waals surface area (Å²) in [5, 5.41) is 6.78. The van der Waals surface area contributed by atoms with Crippen LogP contribution in [0.25, 0.3) is 0 Å². The average Bonchev–Trinajstić information content (AvgIpc) is 3.19. The Balaban J connectivity index is 1.56. The molecule has 1 aromatic rings. The molecule has 0 saturated heterocycles. The number of ether oxygens (including phenoxy) is 1. The topological polar surface area (TPSA) is 33.3 Å². The molecule has 0 atom stereocenters. The van der Waals surface area contributed by atoms with Crippen LogP contribution in [0.4, 0.5) is 8.78 Å². The predicted molar refractivity (Wildman–Crippen MR) is 70.4 cm³/mol. The molecule has 2 N–H and O–H groups in total. The maximum absolute atomic E-state index is 12.0. The maximum atomic E-state index is 12.0. The SMILES string of the molecule is FC(F)Oc1ccc(CNCCCNC2CC2)cc1. The van der Waals surface area contributed by atoms with E-state index < -0.39 is 6.61 Å². The summed E-state index contributed by atoms with van der Waals surface area (Å²) in [6, 6.07) is 7.50. The number of hydrogen-bond acceptors (Lipinski definition) is 3. The first-order chi connectivity index (χ1) is 9.24. The Labute approximate surface area is 112 Å². The minimum Gasteiger partial charge on any atom is -0.435 e. The molecule has 106 valence electrons. The highest BCUT2D eigenvalue weighted by Gasteiger charge is 2.19. The predicted octanol–water partition coefficient (Wildman–Crippen LogP) is 2.52. The van der Waals surface area contributed by atoms with Crippen LogP contribution in [0.2, 0.25) is 0 Å². The van der Waals surface area contributed by atoms with Crippen molar-refractivity contribution in [1.82, 2.24) is 10.6 Å². The zero-order valence-electron chi connectivity index (χ0n) is 10.9. The van der Waals surface area contributed by atoms with Crippen LogP contribution in [0, 0.1) is 0 Å². The van der Waals surface area contributed by atoms with Crippen molar-refractivity contribution in [2.45, 2.75) is 38.5 Å². The van der Waals surface area contributed by atoms with Crippen LogP contribution in [-0.2, 0) is 6.54 Å². The molecule has 0 amide bonds. The third-order valence-electron chi connectivity index (χ3n) is 3.02. The molecule has 3 nitrogen and oxygen atoms in total. The Morgan fingerprint density at radius 3 is 2.53 bits per heavy atom.